The van der Waals surface area contributed by atoms with Crippen molar-refractivity contribution in [3.05, 3.63) is 53.5 Å². The zero-order valence-corrected chi connectivity index (χ0v) is 16.6. The van der Waals surface area contributed by atoms with Gasteiger partial charge in [-0.1, -0.05) is 0 Å². The molecule has 9 heteroatoms. The molecule has 3 rings (SSSR count). The summed E-state index contributed by atoms with van der Waals surface area (Å²) < 4.78 is 12.5. The molecule has 150 valence electrons. The Morgan fingerprint density at radius 1 is 1.17 bits per heavy atom. The molecule has 2 aromatic heterocycles. The summed E-state index contributed by atoms with van der Waals surface area (Å²) in [4.78, 5) is 32.1. The van der Waals surface area contributed by atoms with Gasteiger partial charge in [0.25, 0.3) is 5.95 Å². The zero-order valence-electron chi connectivity index (χ0n) is 16.6. The first-order valence-corrected chi connectivity index (χ1v) is 9.00. The van der Waals surface area contributed by atoms with E-state index in [1.165, 1.54) is 13.1 Å². The number of nitrogens with one attached hydrogen (secondary N) is 1. The van der Waals surface area contributed by atoms with E-state index in [9.17, 15) is 9.59 Å². The van der Waals surface area contributed by atoms with Crippen molar-refractivity contribution in [1.29, 1.82) is 0 Å². The molecule has 9 nitrogen and oxygen atoms in total. The number of carbonyl (C=O) groups is 2. The highest BCUT2D eigenvalue weighted by atomic mass is 16.5. The van der Waals surface area contributed by atoms with Crippen LogP contribution in [0.3, 0.4) is 0 Å². The lowest BCUT2D eigenvalue weighted by molar-refractivity contribution is -0.114. The van der Waals surface area contributed by atoms with Crippen LogP contribution >= 0.6 is 0 Å². The van der Waals surface area contributed by atoms with Gasteiger partial charge in [-0.15, -0.1) is 0 Å². The third-order valence-corrected chi connectivity index (χ3v) is 3.82. The van der Waals surface area contributed by atoms with Crippen molar-refractivity contribution in [2.24, 2.45) is 0 Å². The van der Waals surface area contributed by atoms with Crippen LogP contribution in [0.2, 0.25) is 0 Å². The summed E-state index contributed by atoms with van der Waals surface area (Å²) in [5.74, 6) is -0.00431. The minimum Gasteiger partial charge on any atom is -0.462 e. The maximum atomic E-state index is 12.3. The van der Waals surface area contributed by atoms with Gasteiger partial charge in [-0.25, -0.2) is 14.5 Å². The third kappa shape index (κ3) is 4.75. The summed E-state index contributed by atoms with van der Waals surface area (Å²) in [7, 11) is 0. The van der Waals surface area contributed by atoms with Crippen LogP contribution < -0.4 is 10.1 Å². The Morgan fingerprint density at radius 2 is 1.90 bits per heavy atom. The number of rotatable bonds is 6. The third-order valence-electron chi connectivity index (χ3n) is 3.82. The number of aryl methyl sites for hydroxylation is 2. The molecule has 0 fully saturated rings. The second kappa shape index (κ2) is 8.51. The second-order valence-corrected chi connectivity index (χ2v) is 6.26. The Morgan fingerprint density at radius 3 is 2.48 bits per heavy atom. The first-order valence-electron chi connectivity index (χ1n) is 9.00. The number of anilines is 1. The van der Waals surface area contributed by atoms with E-state index in [0.29, 0.717) is 11.4 Å². The van der Waals surface area contributed by atoms with Crippen LogP contribution in [0, 0.1) is 13.8 Å². The molecule has 0 atom stereocenters. The van der Waals surface area contributed by atoms with E-state index in [0.717, 1.165) is 11.4 Å². The monoisotopic (exact) mass is 395 g/mol. The van der Waals surface area contributed by atoms with Crippen LogP contribution in [-0.2, 0) is 9.53 Å². The summed E-state index contributed by atoms with van der Waals surface area (Å²) in [6.45, 7) is 7.10. The molecular weight excluding hydrogens is 374 g/mol. The molecule has 0 aliphatic carbocycles. The van der Waals surface area contributed by atoms with Crippen molar-refractivity contribution in [2.75, 3.05) is 11.9 Å². The van der Waals surface area contributed by atoms with Gasteiger partial charge in [-0.2, -0.15) is 10.1 Å². The fraction of sp³-hybridized carbons (Fsp3) is 0.250. The van der Waals surface area contributed by atoms with E-state index in [1.54, 1.807) is 35.9 Å². The van der Waals surface area contributed by atoms with Crippen LogP contribution in [0.5, 0.6) is 11.6 Å². The number of esters is 1. The van der Waals surface area contributed by atoms with Crippen LogP contribution in [0.4, 0.5) is 5.69 Å². The van der Waals surface area contributed by atoms with Gasteiger partial charge >= 0.3 is 5.97 Å². The number of hydrogen-bond donors (Lipinski definition) is 1. The van der Waals surface area contributed by atoms with Crippen LogP contribution in [0.15, 0.2) is 36.5 Å². The molecule has 1 N–H and O–H groups in total. The first-order chi connectivity index (χ1) is 13.9. The first kappa shape index (κ1) is 20.0. The summed E-state index contributed by atoms with van der Waals surface area (Å²) >= 11 is 0. The molecule has 0 radical (unpaired) electrons. The summed E-state index contributed by atoms with van der Waals surface area (Å²) in [5, 5.41) is 7.03. The molecule has 1 amide bonds. The van der Waals surface area contributed by atoms with Crippen molar-refractivity contribution in [3.8, 4) is 17.6 Å². The maximum absolute atomic E-state index is 12.3. The summed E-state index contributed by atoms with van der Waals surface area (Å²) in [6, 6.07) is 8.58. The molecule has 1 aromatic carbocycles. The number of carbonyl (C=O) groups excluding carboxylic acids is 2. The van der Waals surface area contributed by atoms with Crippen LogP contribution in [0.1, 0.15) is 35.6 Å². The molecule has 0 unspecified atom stereocenters. The van der Waals surface area contributed by atoms with E-state index in [2.05, 4.69) is 20.4 Å². The number of hydrogen-bond acceptors (Lipinski definition) is 7. The fourth-order valence-corrected chi connectivity index (χ4v) is 2.64. The Labute approximate surface area is 167 Å². The van der Waals surface area contributed by atoms with E-state index in [4.69, 9.17) is 9.47 Å². The minimum atomic E-state index is -0.586. The van der Waals surface area contributed by atoms with Crippen LogP contribution in [0.25, 0.3) is 5.95 Å². The highest BCUT2D eigenvalue weighted by molar-refractivity contribution is 5.91. The van der Waals surface area contributed by atoms with E-state index in [-0.39, 0.29) is 29.9 Å². The van der Waals surface area contributed by atoms with Crippen LogP contribution in [-0.4, -0.2) is 38.2 Å². The standard InChI is InChI=1S/C20H21N5O4/c1-5-28-19(27)17-11-21-20(25-13(3)10-12(2)24-25)23-18(17)29-16-8-6-15(7-9-16)22-14(4)26/h6-11H,5H2,1-4H3,(H,22,26). The van der Waals surface area contributed by atoms with Gasteiger partial charge in [0.1, 0.15) is 11.3 Å². The second-order valence-electron chi connectivity index (χ2n) is 6.26. The Hall–Kier alpha value is -3.75. The van der Waals surface area contributed by atoms with Gasteiger partial charge in [0.05, 0.1) is 18.5 Å². The van der Waals surface area contributed by atoms with Gasteiger partial charge in [-0.3, -0.25) is 4.79 Å². The Kier molecular flexibility index (Phi) is 5.87. The number of amides is 1. The lowest BCUT2D eigenvalue weighted by atomic mass is 10.3. The molecule has 0 saturated carbocycles. The summed E-state index contributed by atoms with van der Waals surface area (Å²) in [6.07, 6.45) is 1.36. The number of benzene rings is 1. The average Bonchev–Trinajstić information content (AvgIpc) is 3.01. The van der Waals surface area contributed by atoms with Gasteiger partial charge in [-0.05, 0) is 51.1 Å². The molecule has 29 heavy (non-hydrogen) atoms. The van der Waals surface area contributed by atoms with E-state index >= 15 is 0 Å². The molecule has 0 aliphatic rings. The molecule has 0 aliphatic heterocycles. The van der Waals surface area contributed by atoms with Crippen molar-refractivity contribution in [2.45, 2.75) is 27.7 Å². The lowest BCUT2D eigenvalue weighted by Gasteiger charge is -2.12. The van der Waals surface area contributed by atoms with Crippen molar-refractivity contribution < 1.29 is 19.1 Å². The normalized spacial score (nSPS) is 10.5. The fourth-order valence-electron chi connectivity index (χ4n) is 2.64. The van der Waals surface area contributed by atoms with Gasteiger partial charge in [0.15, 0.2) is 0 Å². The largest absolute Gasteiger partial charge is 0.462 e. The van der Waals surface area contributed by atoms with Crippen molar-refractivity contribution in [1.82, 2.24) is 19.7 Å². The molecule has 0 spiro atoms. The Bertz CT molecular complexity index is 1040. The minimum absolute atomic E-state index is 0.0493. The molecule has 0 saturated heterocycles. The predicted octanol–water partition coefficient (Wildman–Crippen LogP) is 3.21. The van der Waals surface area contributed by atoms with Crippen molar-refractivity contribution >= 4 is 17.6 Å². The lowest BCUT2D eigenvalue weighted by Crippen LogP contribution is -2.12. The van der Waals surface area contributed by atoms with Gasteiger partial charge in [0, 0.05) is 18.3 Å². The highest BCUT2D eigenvalue weighted by Crippen LogP contribution is 2.26. The molecule has 0 bridgehead atoms. The van der Waals surface area contributed by atoms with Crippen molar-refractivity contribution in [3.63, 3.8) is 0 Å². The summed E-state index contributed by atoms with van der Waals surface area (Å²) in [5.41, 5.74) is 2.39. The average molecular weight is 395 g/mol. The zero-order chi connectivity index (χ0) is 21.0. The molecular formula is C20H21N5O4. The van der Waals surface area contributed by atoms with Gasteiger partial charge in [0.2, 0.25) is 11.8 Å². The number of nitrogens with zero attached hydrogens (tertiary/aromatic N) is 4. The van der Waals surface area contributed by atoms with E-state index in [1.807, 2.05) is 19.9 Å². The number of aromatic nitrogens is 4. The highest BCUT2D eigenvalue weighted by Gasteiger charge is 2.19. The van der Waals surface area contributed by atoms with Gasteiger partial charge < -0.3 is 14.8 Å². The van der Waals surface area contributed by atoms with E-state index < -0.39 is 5.97 Å². The maximum Gasteiger partial charge on any atom is 0.345 e. The molecule has 2 heterocycles. The quantitative estimate of drug-likeness (QED) is 0.638. The smallest absolute Gasteiger partial charge is 0.345 e. The SMILES string of the molecule is CCOC(=O)c1cnc(-n2nc(C)cc2C)nc1Oc1ccc(NC(C)=O)cc1. The predicted molar refractivity (Wildman–Crippen MR) is 105 cm³/mol. The topological polar surface area (TPSA) is 108 Å². The Balaban J connectivity index is 1.97. The molecule has 3 aromatic rings. The number of ether oxygens (including phenoxy) is 2.